The summed E-state index contributed by atoms with van der Waals surface area (Å²) in [6, 6.07) is 13.0. The summed E-state index contributed by atoms with van der Waals surface area (Å²) in [6.07, 6.45) is 0. The van der Waals surface area contributed by atoms with Crippen LogP contribution in [0, 0.1) is 5.82 Å². The molecule has 0 unspecified atom stereocenters. The molecule has 0 heterocycles. The fourth-order valence-electron chi connectivity index (χ4n) is 1.81. The van der Waals surface area contributed by atoms with Gasteiger partial charge in [-0.2, -0.15) is 0 Å². The molecule has 19 heavy (non-hydrogen) atoms. The average molecular weight is 259 g/mol. The third kappa shape index (κ3) is 3.31. The predicted molar refractivity (Wildman–Crippen MR) is 71.9 cm³/mol. The smallest absolute Gasteiger partial charge is 0.335 e. The van der Waals surface area contributed by atoms with E-state index in [1.807, 2.05) is 11.9 Å². The fourth-order valence-corrected chi connectivity index (χ4v) is 1.81. The lowest BCUT2D eigenvalue weighted by Gasteiger charge is -2.19. The lowest BCUT2D eigenvalue weighted by molar-refractivity contribution is 0.0697. The van der Waals surface area contributed by atoms with E-state index in [9.17, 15) is 9.18 Å². The summed E-state index contributed by atoms with van der Waals surface area (Å²) in [4.78, 5) is 12.7. The zero-order valence-corrected chi connectivity index (χ0v) is 10.5. The van der Waals surface area contributed by atoms with Crippen molar-refractivity contribution in [1.82, 2.24) is 0 Å². The van der Waals surface area contributed by atoms with Gasteiger partial charge >= 0.3 is 5.97 Å². The number of carboxylic acids is 1. The van der Waals surface area contributed by atoms with Crippen LogP contribution in [0.5, 0.6) is 0 Å². The minimum Gasteiger partial charge on any atom is -0.478 e. The number of rotatable bonds is 4. The molecule has 0 spiro atoms. The Hall–Kier alpha value is -2.36. The van der Waals surface area contributed by atoms with Crippen LogP contribution in [0.4, 0.5) is 10.1 Å². The number of nitrogens with zero attached hydrogens (tertiary/aromatic N) is 1. The van der Waals surface area contributed by atoms with E-state index >= 15 is 0 Å². The Bertz CT molecular complexity index is 564. The molecule has 2 rings (SSSR count). The van der Waals surface area contributed by atoms with Gasteiger partial charge in [-0.3, -0.25) is 0 Å². The number of hydrogen-bond donors (Lipinski definition) is 1. The van der Waals surface area contributed by atoms with Crippen LogP contribution in [-0.4, -0.2) is 18.1 Å². The summed E-state index contributed by atoms with van der Waals surface area (Å²) in [5.74, 6) is -1.19. The second-order valence-electron chi connectivity index (χ2n) is 4.33. The minimum atomic E-state index is -0.932. The second kappa shape index (κ2) is 5.52. The predicted octanol–water partition coefficient (Wildman–Crippen LogP) is 3.16. The van der Waals surface area contributed by atoms with Crippen molar-refractivity contribution >= 4 is 11.7 Å². The summed E-state index contributed by atoms with van der Waals surface area (Å²) in [5.41, 5.74) is 2.17. The zero-order chi connectivity index (χ0) is 13.8. The molecule has 0 atom stereocenters. The Balaban J connectivity index is 2.08. The molecule has 0 aliphatic rings. The molecule has 0 radical (unpaired) electrons. The van der Waals surface area contributed by atoms with Gasteiger partial charge in [-0.15, -0.1) is 0 Å². The van der Waals surface area contributed by atoms with E-state index in [4.69, 9.17) is 5.11 Å². The van der Waals surface area contributed by atoms with Crippen molar-refractivity contribution in [3.63, 3.8) is 0 Å². The number of aromatic carboxylic acids is 1. The standard InChI is InChI=1S/C15H14FNO2/c1-17(14-8-6-13(16)7-9-14)10-11-2-4-12(5-3-11)15(18)19/h2-9H,10H2,1H3,(H,18,19). The molecule has 0 aromatic heterocycles. The van der Waals surface area contributed by atoms with Gasteiger partial charge < -0.3 is 10.0 Å². The topological polar surface area (TPSA) is 40.5 Å². The van der Waals surface area contributed by atoms with Crippen LogP contribution in [0.1, 0.15) is 15.9 Å². The molecule has 2 aromatic rings. The monoisotopic (exact) mass is 259 g/mol. The molecule has 0 bridgehead atoms. The van der Waals surface area contributed by atoms with Gasteiger partial charge in [0.05, 0.1) is 5.56 Å². The Morgan fingerprint density at radius 2 is 1.68 bits per heavy atom. The second-order valence-corrected chi connectivity index (χ2v) is 4.33. The molecule has 0 aliphatic carbocycles. The highest BCUT2D eigenvalue weighted by molar-refractivity contribution is 5.87. The zero-order valence-electron chi connectivity index (χ0n) is 10.5. The van der Waals surface area contributed by atoms with Gasteiger partial charge in [-0.1, -0.05) is 12.1 Å². The van der Waals surface area contributed by atoms with Crippen LogP contribution in [0.3, 0.4) is 0 Å². The first-order chi connectivity index (χ1) is 9.06. The maximum Gasteiger partial charge on any atom is 0.335 e. The number of benzene rings is 2. The number of anilines is 1. The third-order valence-electron chi connectivity index (χ3n) is 2.89. The summed E-state index contributed by atoms with van der Waals surface area (Å²) in [6.45, 7) is 0.630. The first-order valence-corrected chi connectivity index (χ1v) is 5.85. The highest BCUT2D eigenvalue weighted by atomic mass is 19.1. The molecule has 1 N–H and O–H groups in total. The van der Waals surface area contributed by atoms with Crippen molar-refractivity contribution in [2.75, 3.05) is 11.9 Å². The van der Waals surface area contributed by atoms with E-state index in [0.29, 0.717) is 6.54 Å². The van der Waals surface area contributed by atoms with Gasteiger partial charge in [0.25, 0.3) is 0 Å². The first kappa shape index (κ1) is 13.1. The van der Waals surface area contributed by atoms with Gasteiger partial charge in [0.2, 0.25) is 0 Å². The molecule has 2 aromatic carbocycles. The third-order valence-corrected chi connectivity index (χ3v) is 2.89. The fraction of sp³-hybridized carbons (Fsp3) is 0.133. The Kier molecular flexibility index (Phi) is 3.80. The lowest BCUT2D eigenvalue weighted by Crippen LogP contribution is -2.16. The molecule has 0 fully saturated rings. The summed E-state index contributed by atoms with van der Waals surface area (Å²) in [7, 11) is 1.90. The van der Waals surface area contributed by atoms with Crippen LogP contribution < -0.4 is 4.90 Å². The quantitative estimate of drug-likeness (QED) is 0.916. The highest BCUT2D eigenvalue weighted by Crippen LogP contribution is 2.16. The first-order valence-electron chi connectivity index (χ1n) is 5.85. The molecular formula is C15H14FNO2. The van der Waals surface area contributed by atoms with Crippen molar-refractivity contribution < 1.29 is 14.3 Å². The van der Waals surface area contributed by atoms with Crippen molar-refractivity contribution in [2.24, 2.45) is 0 Å². The number of halogens is 1. The molecule has 4 heteroatoms. The maximum atomic E-state index is 12.8. The highest BCUT2D eigenvalue weighted by Gasteiger charge is 2.05. The van der Waals surface area contributed by atoms with Crippen LogP contribution >= 0.6 is 0 Å². The largest absolute Gasteiger partial charge is 0.478 e. The Morgan fingerprint density at radius 3 is 2.21 bits per heavy atom. The van der Waals surface area contributed by atoms with E-state index in [-0.39, 0.29) is 11.4 Å². The van der Waals surface area contributed by atoms with E-state index in [2.05, 4.69) is 0 Å². The summed E-state index contributed by atoms with van der Waals surface area (Å²) < 4.78 is 12.8. The SMILES string of the molecule is CN(Cc1ccc(C(=O)O)cc1)c1ccc(F)cc1. The van der Waals surface area contributed by atoms with E-state index in [1.54, 1.807) is 36.4 Å². The van der Waals surface area contributed by atoms with Crippen LogP contribution in [0.15, 0.2) is 48.5 Å². The van der Waals surface area contributed by atoms with E-state index in [0.717, 1.165) is 11.3 Å². The van der Waals surface area contributed by atoms with Crippen molar-refractivity contribution in [3.8, 4) is 0 Å². The number of carbonyl (C=O) groups is 1. The minimum absolute atomic E-state index is 0.261. The molecule has 3 nitrogen and oxygen atoms in total. The van der Waals surface area contributed by atoms with Crippen molar-refractivity contribution in [2.45, 2.75) is 6.54 Å². The molecule has 0 amide bonds. The number of carboxylic acid groups (broad SMARTS) is 1. The van der Waals surface area contributed by atoms with Crippen molar-refractivity contribution in [3.05, 3.63) is 65.5 Å². The molecule has 0 saturated heterocycles. The van der Waals surface area contributed by atoms with Gasteiger partial charge in [-0.25, -0.2) is 9.18 Å². The molecular weight excluding hydrogens is 245 g/mol. The summed E-state index contributed by atoms with van der Waals surface area (Å²) in [5, 5.41) is 8.82. The van der Waals surface area contributed by atoms with Crippen molar-refractivity contribution in [1.29, 1.82) is 0 Å². The normalized spacial score (nSPS) is 10.2. The average Bonchev–Trinajstić information content (AvgIpc) is 2.40. The Morgan fingerprint density at radius 1 is 1.11 bits per heavy atom. The van der Waals surface area contributed by atoms with Crippen LogP contribution in [0.25, 0.3) is 0 Å². The Labute approximate surface area is 110 Å². The number of hydrogen-bond acceptors (Lipinski definition) is 2. The van der Waals surface area contributed by atoms with Gasteiger partial charge in [-0.05, 0) is 42.0 Å². The van der Waals surface area contributed by atoms with Gasteiger partial charge in [0, 0.05) is 19.3 Å². The summed E-state index contributed by atoms with van der Waals surface area (Å²) >= 11 is 0. The lowest BCUT2D eigenvalue weighted by atomic mass is 10.1. The van der Waals surface area contributed by atoms with Crippen LogP contribution in [-0.2, 0) is 6.54 Å². The molecule has 98 valence electrons. The van der Waals surface area contributed by atoms with E-state index < -0.39 is 5.97 Å². The van der Waals surface area contributed by atoms with Crippen LogP contribution in [0.2, 0.25) is 0 Å². The van der Waals surface area contributed by atoms with Gasteiger partial charge in [0.15, 0.2) is 0 Å². The van der Waals surface area contributed by atoms with Gasteiger partial charge in [0.1, 0.15) is 5.82 Å². The maximum absolute atomic E-state index is 12.8. The van der Waals surface area contributed by atoms with E-state index in [1.165, 1.54) is 12.1 Å². The molecule has 0 saturated carbocycles. The molecule has 0 aliphatic heterocycles.